The molecule has 1 heterocycles. The van der Waals surface area contributed by atoms with E-state index in [1.165, 1.54) is 19.1 Å². The maximum Gasteiger partial charge on any atom is 0.241 e. The number of rotatable bonds is 11. The number of aliphatic hydroxyl groups excluding tert-OH is 1. The van der Waals surface area contributed by atoms with Gasteiger partial charge in [-0.3, -0.25) is 4.79 Å². The van der Waals surface area contributed by atoms with Gasteiger partial charge in [0.15, 0.2) is 0 Å². The number of nitrogens with one attached hydrogen (secondary N) is 2. The number of hydrogen-bond donors (Lipinski definition) is 3. The molecule has 3 N–H and O–H groups in total. The lowest BCUT2D eigenvalue weighted by molar-refractivity contribution is -0.125. The number of hydrogen-bond acceptors (Lipinski definition) is 6. The third-order valence-corrected chi connectivity index (χ3v) is 5.42. The Kier molecular flexibility index (Phi) is 8.18. The van der Waals surface area contributed by atoms with Crippen molar-refractivity contribution in [3.63, 3.8) is 0 Å². The summed E-state index contributed by atoms with van der Waals surface area (Å²) in [6.07, 6.45) is 0.895. The third-order valence-electron chi connectivity index (χ3n) is 3.97. The molecular weight excluding hydrogens is 384 g/mol. The van der Waals surface area contributed by atoms with Crippen molar-refractivity contribution in [2.75, 3.05) is 13.2 Å². The minimum Gasteiger partial charge on any atom is -0.467 e. The number of benzene rings is 1. The zero-order valence-corrected chi connectivity index (χ0v) is 16.7. The van der Waals surface area contributed by atoms with E-state index in [2.05, 4.69) is 10.0 Å². The molecule has 1 aromatic heterocycles. The van der Waals surface area contributed by atoms with Crippen LogP contribution in [0.15, 0.2) is 52.0 Å². The Hall–Kier alpha value is -2.20. The average molecular weight is 410 g/mol. The SMILES string of the molecule is Cc1ccc(S(=O)(=O)NC(C(=O)NCCCOCc2ccco2)C(C)O)cc1. The van der Waals surface area contributed by atoms with Gasteiger partial charge in [0, 0.05) is 13.2 Å². The predicted molar refractivity (Wildman–Crippen MR) is 103 cm³/mol. The third kappa shape index (κ3) is 6.75. The Bertz CT molecular complexity index is 832. The monoisotopic (exact) mass is 410 g/mol. The second-order valence-corrected chi connectivity index (χ2v) is 8.14. The van der Waals surface area contributed by atoms with Crippen molar-refractivity contribution in [2.45, 2.75) is 43.9 Å². The lowest BCUT2D eigenvalue weighted by atomic mass is 10.2. The van der Waals surface area contributed by atoms with E-state index in [-0.39, 0.29) is 11.4 Å². The minimum absolute atomic E-state index is 0.0304. The number of carbonyl (C=O) groups is 1. The van der Waals surface area contributed by atoms with Crippen molar-refractivity contribution in [1.82, 2.24) is 10.0 Å². The highest BCUT2D eigenvalue weighted by Crippen LogP contribution is 2.11. The van der Waals surface area contributed by atoms with E-state index in [0.29, 0.717) is 25.4 Å². The summed E-state index contributed by atoms with van der Waals surface area (Å²) in [6, 6.07) is 8.50. The number of ether oxygens (including phenoxy) is 1. The van der Waals surface area contributed by atoms with Crippen LogP contribution in [-0.2, 0) is 26.2 Å². The predicted octanol–water partition coefficient (Wildman–Crippen LogP) is 1.34. The molecule has 0 aliphatic carbocycles. The van der Waals surface area contributed by atoms with Crippen LogP contribution < -0.4 is 10.0 Å². The molecule has 8 nitrogen and oxygen atoms in total. The fourth-order valence-corrected chi connectivity index (χ4v) is 3.66. The highest BCUT2D eigenvalue weighted by atomic mass is 32.2. The van der Waals surface area contributed by atoms with Crippen molar-refractivity contribution >= 4 is 15.9 Å². The van der Waals surface area contributed by atoms with Gasteiger partial charge >= 0.3 is 0 Å². The summed E-state index contributed by atoms with van der Waals surface area (Å²) in [6.45, 7) is 4.22. The van der Waals surface area contributed by atoms with E-state index in [0.717, 1.165) is 5.56 Å². The first-order chi connectivity index (χ1) is 13.3. The highest BCUT2D eigenvalue weighted by molar-refractivity contribution is 7.89. The molecule has 28 heavy (non-hydrogen) atoms. The van der Waals surface area contributed by atoms with Gasteiger partial charge in [-0.25, -0.2) is 8.42 Å². The van der Waals surface area contributed by atoms with Crippen LogP contribution in [0.25, 0.3) is 0 Å². The first kappa shape index (κ1) is 22.1. The van der Waals surface area contributed by atoms with Gasteiger partial charge in [-0.2, -0.15) is 4.72 Å². The highest BCUT2D eigenvalue weighted by Gasteiger charge is 2.29. The van der Waals surface area contributed by atoms with Crippen molar-refractivity contribution in [1.29, 1.82) is 0 Å². The summed E-state index contributed by atoms with van der Waals surface area (Å²) < 4.78 is 37.7. The average Bonchev–Trinajstić information content (AvgIpc) is 3.16. The van der Waals surface area contributed by atoms with Gasteiger partial charge in [0.25, 0.3) is 0 Å². The molecule has 1 aromatic carbocycles. The molecule has 0 bridgehead atoms. The Balaban J connectivity index is 1.81. The summed E-state index contributed by atoms with van der Waals surface area (Å²) in [5.74, 6) is 0.112. The molecule has 0 aliphatic heterocycles. The molecule has 2 atom stereocenters. The van der Waals surface area contributed by atoms with Gasteiger partial charge in [-0.1, -0.05) is 17.7 Å². The van der Waals surface area contributed by atoms with Gasteiger partial charge in [0.1, 0.15) is 18.4 Å². The van der Waals surface area contributed by atoms with E-state index in [4.69, 9.17) is 9.15 Å². The van der Waals surface area contributed by atoms with Crippen molar-refractivity contribution in [2.24, 2.45) is 0 Å². The smallest absolute Gasteiger partial charge is 0.241 e. The molecule has 2 aromatic rings. The van der Waals surface area contributed by atoms with Gasteiger partial charge in [-0.15, -0.1) is 0 Å². The standard InChI is InChI=1S/C19H26N2O6S/c1-14-6-8-17(9-7-14)28(24,25)21-18(15(2)22)19(23)20-10-4-11-26-13-16-5-3-12-27-16/h3,5-9,12,15,18,21-22H,4,10-11,13H2,1-2H3,(H,20,23). The molecule has 2 rings (SSSR count). The van der Waals surface area contributed by atoms with Gasteiger partial charge in [0.05, 0.1) is 17.3 Å². The molecule has 0 aliphatic rings. The van der Waals surface area contributed by atoms with Crippen LogP contribution in [0.5, 0.6) is 0 Å². The largest absolute Gasteiger partial charge is 0.467 e. The van der Waals surface area contributed by atoms with Crippen LogP contribution in [-0.4, -0.2) is 44.7 Å². The minimum atomic E-state index is -3.94. The molecule has 2 unspecified atom stereocenters. The first-order valence-electron chi connectivity index (χ1n) is 8.94. The maximum atomic E-state index is 12.5. The molecule has 0 saturated heterocycles. The van der Waals surface area contributed by atoms with E-state index in [9.17, 15) is 18.3 Å². The molecule has 154 valence electrons. The van der Waals surface area contributed by atoms with Crippen molar-refractivity contribution in [3.05, 3.63) is 54.0 Å². The summed E-state index contributed by atoms with van der Waals surface area (Å²) in [5, 5.41) is 12.5. The summed E-state index contributed by atoms with van der Waals surface area (Å²) >= 11 is 0. The van der Waals surface area contributed by atoms with E-state index in [1.807, 2.05) is 6.92 Å². The fraction of sp³-hybridized carbons (Fsp3) is 0.421. The number of sulfonamides is 1. The van der Waals surface area contributed by atoms with E-state index < -0.39 is 28.1 Å². The summed E-state index contributed by atoms with van der Waals surface area (Å²) in [4.78, 5) is 12.3. The van der Waals surface area contributed by atoms with Crippen LogP contribution in [0.2, 0.25) is 0 Å². The lowest BCUT2D eigenvalue weighted by Crippen LogP contribution is -2.52. The van der Waals surface area contributed by atoms with Gasteiger partial charge in [-0.05, 0) is 44.5 Å². The number of aliphatic hydroxyl groups is 1. The Morgan fingerprint density at radius 2 is 1.96 bits per heavy atom. The van der Waals surface area contributed by atoms with Crippen LogP contribution in [0, 0.1) is 6.92 Å². The molecular formula is C19H26N2O6S. The fourth-order valence-electron chi connectivity index (χ4n) is 2.39. The molecule has 0 saturated carbocycles. The zero-order valence-electron chi connectivity index (χ0n) is 15.9. The molecule has 0 fully saturated rings. The van der Waals surface area contributed by atoms with Gasteiger partial charge in [0.2, 0.25) is 15.9 Å². The number of furan rings is 1. The summed E-state index contributed by atoms with van der Waals surface area (Å²) in [5.41, 5.74) is 0.915. The van der Waals surface area contributed by atoms with E-state index >= 15 is 0 Å². The lowest BCUT2D eigenvalue weighted by Gasteiger charge is -2.21. The van der Waals surface area contributed by atoms with Crippen molar-refractivity contribution in [3.8, 4) is 0 Å². The number of aryl methyl sites for hydroxylation is 1. The first-order valence-corrected chi connectivity index (χ1v) is 10.4. The topological polar surface area (TPSA) is 118 Å². The summed E-state index contributed by atoms with van der Waals surface area (Å²) in [7, 11) is -3.94. The Morgan fingerprint density at radius 3 is 2.57 bits per heavy atom. The van der Waals surface area contributed by atoms with Crippen LogP contribution >= 0.6 is 0 Å². The maximum absolute atomic E-state index is 12.5. The zero-order chi connectivity index (χ0) is 20.6. The second kappa shape index (κ2) is 10.4. The quantitative estimate of drug-likeness (QED) is 0.481. The van der Waals surface area contributed by atoms with Crippen LogP contribution in [0.3, 0.4) is 0 Å². The Labute approximate surface area is 164 Å². The Morgan fingerprint density at radius 1 is 1.25 bits per heavy atom. The number of carbonyl (C=O) groups excluding carboxylic acids is 1. The van der Waals surface area contributed by atoms with E-state index in [1.54, 1.807) is 30.5 Å². The normalized spacial score (nSPS) is 13.8. The second-order valence-electron chi connectivity index (χ2n) is 6.43. The van der Waals surface area contributed by atoms with Gasteiger partial charge < -0.3 is 19.6 Å². The number of amides is 1. The molecule has 0 spiro atoms. The van der Waals surface area contributed by atoms with Crippen molar-refractivity contribution < 1.29 is 27.5 Å². The molecule has 9 heteroatoms. The molecule has 0 radical (unpaired) electrons. The van der Waals surface area contributed by atoms with Crippen LogP contribution in [0.1, 0.15) is 24.7 Å². The molecule has 1 amide bonds. The van der Waals surface area contributed by atoms with Crippen LogP contribution in [0.4, 0.5) is 0 Å².